The summed E-state index contributed by atoms with van der Waals surface area (Å²) in [7, 11) is 0. The minimum atomic E-state index is 0.0786. The molecule has 110 valence electrons. The third-order valence-electron chi connectivity index (χ3n) is 3.66. The minimum Gasteiger partial charge on any atom is -0.351 e. The highest BCUT2D eigenvalue weighted by atomic mass is 35.5. The first kappa shape index (κ1) is 15.3. The van der Waals surface area contributed by atoms with Gasteiger partial charge in [-0.25, -0.2) is 0 Å². The molecule has 0 aliphatic carbocycles. The molecule has 4 nitrogen and oxygen atoms in total. The first-order valence-corrected chi connectivity index (χ1v) is 7.51. The lowest BCUT2D eigenvalue weighted by Crippen LogP contribution is -2.49. The monoisotopic (exact) mass is 295 g/mol. The van der Waals surface area contributed by atoms with Gasteiger partial charge in [0.25, 0.3) is 0 Å². The second kappa shape index (κ2) is 7.62. The summed E-state index contributed by atoms with van der Waals surface area (Å²) in [6.07, 6.45) is 0. The molecule has 0 atom stereocenters. The van der Waals surface area contributed by atoms with E-state index in [4.69, 9.17) is 11.6 Å². The summed E-state index contributed by atoms with van der Waals surface area (Å²) in [6.45, 7) is 8.33. The highest BCUT2D eigenvalue weighted by Crippen LogP contribution is 2.10. The quantitative estimate of drug-likeness (QED) is 0.896. The average Bonchev–Trinajstić information content (AvgIpc) is 2.46. The number of hydrogen-bond acceptors (Lipinski definition) is 3. The Bertz CT molecular complexity index is 444. The number of piperazine rings is 1. The van der Waals surface area contributed by atoms with Gasteiger partial charge in [-0.3, -0.25) is 9.69 Å². The van der Waals surface area contributed by atoms with Gasteiger partial charge < -0.3 is 10.2 Å². The summed E-state index contributed by atoms with van der Waals surface area (Å²) in [5.74, 6) is 0.0786. The summed E-state index contributed by atoms with van der Waals surface area (Å²) in [5, 5.41) is 3.65. The molecule has 1 aliphatic rings. The molecule has 1 heterocycles. The van der Waals surface area contributed by atoms with E-state index < -0.39 is 0 Å². The molecule has 1 aromatic carbocycles. The van der Waals surface area contributed by atoms with Gasteiger partial charge in [-0.2, -0.15) is 0 Å². The molecule has 1 saturated heterocycles. The second-order valence-corrected chi connectivity index (χ2v) is 5.55. The lowest BCUT2D eigenvalue weighted by Gasteiger charge is -2.33. The number of nitrogens with one attached hydrogen (secondary N) is 1. The third kappa shape index (κ3) is 4.78. The molecule has 2 rings (SSSR count). The number of nitrogens with zero attached hydrogens (tertiary/aromatic N) is 2. The fraction of sp³-hybridized carbons (Fsp3) is 0.533. The summed E-state index contributed by atoms with van der Waals surface area (Å²) >= 11 is 5.92. The van der Waals surface area contributed by atoms with Crippen molar-refractivity contribution in [1.29, 1.82) is 0 Å². The van der Waals surface area contributed by atoms with Crippen molar-refractivity contribution in [3.05, 3.63) is 34.9 Å². The predicted molar refractivity (Wildman–Crippen MR) is 81.9 cm³/mol. The van der Waals surface area contributed by atoms with Crippen LogP contribution in [0.15, 0.2) is 24.3 Å². The number of rotatable bonds is 5. The molecular formula is C15H22ClN3O. The molecular weight excluding hydrogens is 274 g/mol. The van der Waals surface area contributed by atoms with E-state index in [1.54, 1.807) is 0 Å². The Morgan fingerprint density at radius 3 is 2.60 bits per heavy atom. The van der Waals surface area contributed by atoms with E-state index in [0.29, 0.717) is 18.1 Å². The Kier molecular flexibility index (Phi) is 5.83. The van der Waals surface area contributed by atoms with Crippen molar-refractivity contribution in [2.24, 2.45) is 0 Å². The number of carbonyl (C=O) groups is 1. The summed E-state index contributed by atoms with van der Waals surface area (Å²) in [5.41, 5.74) is 1.03. The molecule has 0 aromatic heterocycles. The normalized spacial score (nSPS) is 17.1. The summed E-state index contributed by atoms with van der Waals surface area (Å²) in [4.78, 5) is 16.5. The van der Waals surface area contributed by atoms with Crippen LogP contribution in [0.2, 0.25) is 5.02 Å². The van der Waals surface area contributed by atoms with Crippen molar-refractivity contribution in [2.45, 2.75) is 13.5 Å². The molecule has 0 spiro atoms. The number of hydrogen-bond donors (Lipinski definition) is 1. The highest BCUT2D eigenvalue weighted by molar-refractivity contribution is 6.30. The van der Waals surface area contributed by atoms with E-state index >= 15 is 0 Å². The van der Waals surface area contributed by atoms with E-state index in [2.05, 4.69) is 22.0 Å². The Morgan fingerprint density at radius 2 is 1.95 bits per heavy atom. The van der Waals surface area contributed by atoms with Crippen molar-refractivity contribution in [1.82, 2.24) is 15.1 Å². The fourth-order valence-electron chi connectivity index (χ4n) is 2.37. The highest BCUT2D eigenvalue weighted by Gasteiger charge is 2.17. The van der Waals surface area contributed by atoms with Crippen LogP contribution >= 0.6 is 11.6 Å². The van der Waals surface area contributed by atoms with E-state index in [1.165, 1.54) is 0 Å². The van der Waals surface area contributed by atoms with Crippen LogP contribution in [0.1, 0.15) is 12.5 Å². The van der Waals surface area contributed by atoms with Gasteiger partial charge in [0.1, 0.15) is 0 Å². The van der Waals surface area contributed by atoms with Crippen LogP contribution in [-0.4, -0.2) is 55.0 Å². The SMILES string of the molecule is CCN1CCN(CC(=O)NCc2cccc(Cl)c2)CC1. The molecule has 5 heteroatoms. The van der Waals surface area contributed by atoms with E-state index in [-0.39, 0.29) is 5.91 Å². The summed E-state index contributed by atoms with van der Waals surface area (Å²) < 4.78 is 0. The van der Waals surface area contributed by atoms with Crippen molar-refractivity contribution < 1.29 is 4.79 Å². The largest absolute Gasteiger partial charge is 0.351 e. The van der Waals surface area contributed by atoms with Gasteiger partial charge >= 0.3 is 0 Å². The van der Waals surface area contributed by atoms with Crippen LogP contribution in [0.3, 0.4) is 0 Å². The Labute approximate surface area is 125 Å². The van der Waals surface area contributed by atoms with Crippen molar-refractivity contribution in [2.75, 3.05) is 39.3 Å². The third-order valence-corrected chi connectivity index (χ3v) is 3.89. The maximum absolute atomic E-state index is 11.9. The fourth-order valence-corrected chi connectivity index (χ4v) is 2.58. The van der Waals surface area contributed by atoms with Crippen LogP contribution in [0.4, 0.5) is 0 Å². The van der Waals surface area contributed by atoms with Crippen molar-refractivity contribution >= 4 is 17.5 Å². The minimum absolute atomic E-state index is 0.0786. The number of halogens is 1. The number of likely N-dealkylation sites (N-methyl/N-ethyl adjacent to an activating group) is 1. The zero-order chi connectivity index (χ0) is 14.4. The van der Waals surface area contributed by atoms with Gasteiger partial charge in [-0.1, -0.05) is 30.7 Å². The number of amides is 1. The van der Waals surface area contributed by atoms with E-state index in [9.17, 15) is 4.79 Å². The van der Waals surface area contributed by atoms with Gasteiger partial charge in [0, 0.05) is 37.7 Å². The van der Waals surface area contributed by atoms with E-state index in [0.717, 1.165) is 38.3 Å². The van der Waals surface area contributed by atoms with Gasteiger partial charge in [0.15, 0.2) is 0 Å². The lowest BCUT2D eigenvalue weighted by molar-refractivity contribution is -0.122. The molecule has 1 aromatic rings. The van der Waals surface area contributed by atoms with Crippen molar-refractivity contribution in [3.63, 3.8) is 0 Å². The maximum atomic E-state index is 11.9. The Hall–Kier alpha value is -1.10. The van der Waals surface area contributed by atoms with Crippen LogP contribution < -0.4 is 5.32 Å². The van der Waals surface area contributed by atoms with Crippen LogP contribution in [0, 0.1) is 0 Å². The first-order chi connectivity index (χ1) is 9.67. The Morgan fingerprint density at radius 1 is 1.25 bits per heavy atom. The standard InChI is InChI=1S/C15H22ClN3O/c1-2-18-6-8-19(9-7-18)12-15(20)17-11-13-4-3-5-14(16)10-13/h3-5,10H,2,6-9,11-12H2,1H3,(H,17,20). The number of benzene rings is 1. The molecule has 0 unspecified atom stereocenters. The molecule has 0 radical (unpaired) electrons. The average molecular weight is 296 g/mol. The lowest BCUT2D eigenvalue weighted by atomic mass is 10.2. The molecule has 1 N–H and O–H groups in total. The predicted octanol–water partition coefficient (Wildman–Crippen LogP) is 1.59. The molecule has 1 aliphatic heterocycles. The molecule has 1 amide bonds. The van der Waals surface area contributed by atoms with Gasteiger partial charge in [0.2, 0.25) is 5.91 Å². The van der Waals surface area contributed by atoms with Crippen molar-refractivity contribution in [3.8, 4) is 0 Å². The van der Waals surface area contributed by atoms with Gasteiger partial charge in [0.05, 0.1) is 6.54 Å². The molecule has 0 saturated carbocycles. The van der Waals surface area contributed by atoms with Gasteiger partial charge in [-0.05, 0) is 24.2 Å². The molecule has 20 heavy (non-hydrogen) atoms. The second-order valence-electron chi connectivity index (χ2n) is 5.12. The summed E-state index contributed by atoms with van der Waals surface area (Å²) in [6, 6.07) is 7.57. The zero-order valence-corrected chi connectivity index (χ0v) is 12.7. The topological polar surface area (TPSA) is 35.6 Å². The number of carbonyl (C=O) groups excluding carboxylic acids is 1. The molecule has 1 fully saturated rings. The molecule has 0 bridgehead atoms. The zero-order valence-electron chi connectivity index (χ0n) is 11.9. The first-order valence-electron chi connectivity index (χ1n) is 7.13. The van der Waals surface area contributed by atoms with Crippen LogP contribution in [-0.2, 0) is 11.3 Å². The van der Waals surface area contributed by atoms with Gasteiger partial charge in [-0.15, -0.1) is 0 Å². The maximum Gasteiger partial charge on any atom is 0.234 e. The smallest absolute Gasteiger partial charge is 0.234 e. The van der Waals surface area contributed by atoms with E-state index in [1.807, 2.05) is 24.3 Å². The van der Waals surface area contributed by atoms with Crippen LogP contribution in [0.5, 0.6) is 0 Å². The Balaban J connectivity index is 1.71. The van der Waals surface area contributed by atoms with Crippen LogP contribution in [0.25, 0.3) is 0 Å².